The molecule has 0 spiro atoms. The largest absolute Gasteiger partial charge is 0.478 e. The van der Waals surface area contributed by atoms with Crippen molar-refractivity contribution in [3.63, 3.8) is 0 Å². The minimum Gasteiger partial charge on any atom is -0.478 e. The topological polar surface area (TPSA) is 69.6 Å². The minimum atomic E-state index is -0.988. The van der Waals surface area contributed by atoms with Gasteiger partial charge in [0.2, 0.25) is 0 Å². The second-order valence-corrected chi connectivity index (χ2v) is 6.13. The van der Waals surface area contributed by atoms with Crippen molar-refractivity contribution in [1.29, 1.82) is 0 Å². The van der Waals surface area contributed by atoms with E-state index in [0.717, 1.165) is 36.0 Å². The summed E-state index contributed by atoms with van der Waals surface area (Å²) in [5.41, 5.74) is 0.918. The monoisotopic (exact) mass is 294 g/mol. The Morgan fingerprint density at radius 2 is 2.30 bits per heavy atom. The van der Waals surface area contributed by atoms with Gasteiger partial charge in [0.25, 0.3) is 5.91 Å². The van der Waals surface area contributed by atoms with Crippen LogP contribution in [0.4, 0.5) is 0 Å². The summed E-state index contributed by atoms with van der Waals surface area (Å²) in [5, 5.41) is 11.7. The van der Waals surface area contributed by atoms with Crippen LogP contribution in [-0.2, 0) is 4.79 Å². The van der Waals surface area contributed by atoms with Gasteiger partial charge in [-0.15, -0.1) is 11.3 Å². The summed E-state index contributed by atoms with van der Waals surface area (Å²) in [5.74, 6) is -1.06. The molecule has 108 valence electrons. The molecule has 0 aromatic carbocycles. The fourth-order valence-corrected chi connectivity index (χ4v) is 3.21. The predicted octanol–water partition coefficient (Wildman–Crippen LogP) is 1.59. The van der Waals surface area contributed by atoms with E-state index in [-0.39, 0.29) is 11.9 Å². The highest BCUT2D eigenvalue weighted by molar-refractivity contribution is 7.15. The molecule has 0 aliphatic carbocycles. The Balaban J connectivity index is 2.03. The number of carboxylic acid groups (broad SMARTS) is 1. The quantitative estimate of drug-likeness (QED) is 0.827. The molecule has 1 aromatic heterocycles. The number of nitrogens with zero attached hydrogens (tertiary/aromatic N) is 1. The third kappa shape index (κ3) is 3.68. The summed E-state index contributed by atoms with van der Waals surface area (Å²) >= 11 is 1.32. The number of aryl methyl sites for hydroxylation is 1. The highest BCUT2D eigenvalue weighted by Gasteiger charge is 2.22. The van der Waals surface area contributed by atoms with Crippen LogP contribution in [0.5, 0.6) is 0 Å². The molecule has 1 fully saturated rings. The van der Waals surface area contributed by atoms with Gasteiger partial charge in [0.15, 0.2) is 0 Å². The van der Waals surface area contributed by atoms with Gasteiger partial charge in [0, 0.05) is 23.5 Å². The number of carboxylic acids is 1. The van der Waals surface area contributed by atoms with Gasteiger partial charge in [-0.1, -0.05) is 0 Å². The van der Waals surface area contributed by atoms with Gasteiger partial charge < -0.3 is 15.3 Å². The van der Waals surface area contributed by atoms with Crippen molar-refractivity contribution in [1.82, 2.24) is 10.2 Å². The van der Waals surface area contributed by atoms with E-state index in [1.807, 2.05) is 14.0 Å². The smallest absolute Gasteiger partial charge is 0.328 e. The van der Waals surface area contributed by atoms with Gasteiger partial charge >= 0.3 is 5.97 Å². The number of thiophene rings is 1. The van der Waals surface area contributed by atoms with Crippen LogP contribution in [0.25, 0.3) is 6.08 Å². The first-order valence-corrected chi connectivity index (χ1v) is 7.28. The van der Waals surface area contributed by atoms with Crippen molar-refractivity contribution in [2.75, 3.05) is 20.1 Å². The zero-order valence-corrected chi connectivity index (χ0v) is 12.4. The zero-order valence-electron chi connectivity index (χ0n) is 11.5. The normalized spacial score (nSPS) is 19.6. The number of rotatable bonds is 4. The summed E-state index contributed by atoms with van der Waals surface area (Å²) in [6.45, 7) is 3.75. The SMILES string of the molecule is Cc1cc(C(=O)NC2CCN(C)C2)sc1/C=C/C(=O)O. The molecule has 2 N–H and O–H groups in total. The molecule has 2 rings (SSSR count). The van der Waals surface area contributed by atoms with Gasteiger partial charge in [-0.25, -0.2) is 4.79 Å². The van der Waals surface area contributed by atoms with E-state index in [1.54, 1.807) is 6.07 Å². The maximum atomic E-state index is 12.2. The fourth-order valence-electron chi connectivity index (χ4n) is 2.23. The van der Waals surface area contributed by atoms with Gasteiger partial charge in [0.1, 0.15) is 0 Å². The molecule has 1 aliphatic rings. The number of nitrogens with one attached hydrogen (secondary N) is 1. The van der Waals surface area contributed by atoms with Crippen molar-refractivity contribution >= 4 is 29.3 Å². The average Bonchev–Trinajstić information content (AvgIpc) is 2.93. The second-order valence-electron chi connectivity index (χ2n) is 5.05. The third-order valence-electron chi connectivity index (χ3n) is 3.28. The van der Waals surface area contributed by atoms with Crippen molar-refractivity contribution in [3.05, 3.63) is 27.5 Å². The summed E-state index contributed by atoms with van der Waals surface area (Å²) in [7, 11) is 2.04. The van der Waals surface area contributed by atoms with Gasteiger partial charge in [-0.3, -0.25) is 4.79 Å². The molecular weight excluding hydrogens is 276 g/mol. The van der Waals surface area contributed by atoms with Crippen molar-refractivity contribution in [3.8, 4) is 0 Å². The van der Waals surface area contributed by atoms with Crippen molar-refractivity contribution < 1.29 is 14.7 Å². The first-order valence-electron chi connectivity index (χ1n) is 6.46. The molecular formula is C14H18N2O3S. The lowest BCUT2D eigenvalue weighted by molar-refractivity contribution is -0.131. The molecule has 1 amide bonds. The third-order valence-corrected chi connectivity index (χ3v) is 4.48. The first kappa shape index (κ1) is 14.7. The van der Waals surface area contributed by atoms with E-state index < -0.39 is 5.97 Å². The molecule has 6 heteroatoms. The molecule has 0 radical (unpaired) electrons. The van der Waals surface area contributed by atoms with Crippen LogP contribution in [-0.4, -0.2) is 48.1 Å². The first-order chi connectivity index (χ1) is 9.45. The standard InChI is InChI=1S/C14H18N2O3S/c1-9-7-12(20-11(9)3-4-13(17)18)14(19)15-10-5-6-16(2)8-10/h3-4,7,10H,5-6,8H2,1-2H3,(H,15,19)(H,17,18)/b4-3+. The summed E-state index contributed by atoms with van der Waals surface area (Å²) in [4.78, 5) is 26.3. The number of carbonyl (C=O) groups excluding carboxylic acids is 1. The summed E-state index contributed by atoms with van der Waals surface area (Å²) in [6.07, 6.45) is 3.59. The Hall–Kier alpha value is -1.66. The van der Waals surface area contributed by atoms with Crippen LogP contribution < -0.4 is 5.32 Å². The lowest BCUT2D eigenvalue weighted by Gasteiger charge is -2.11. The second kappa shape index (κ2) is 6.19. The van der Waals surface area contributed by atoms with E-state index in [0.29, 0.717) is 4.88 Å². The van der Waals surface area contributed by atoms with E-state index in [4.69, 9.17) is 5.11 Å². The van der Waals surface area contributed by atoms with E-state index in [2.05, 4.69) is 10.2 Å². The maximum Gasteiger partial charge on any atom is 0.328 e. The highest BCUT2D eigenvalue weighted by atomic mass is 32.1. The zero-order chi connectivity index (χ0) is 14.7. The Morgan fingerprint density at radius 3 is 2.90 bits per heavy atom. The van der Waals surface area contributed by atoms with Crippen LogP contribution in [0.3, 0.4) is 0 Å². The Labute approximate surface area is 121 Å². The molecule has 5 nitrogen and oxygen atoms in total. The van der Waals surface area contributed by atoms with Crippen molar-refractivity contribution in [2.45, 2.75) is 19.4 Å². The number of aliphatic carboxylic acids is 1. The van der Waals surface area contributed by atoms with E-state index in [1.165, 1.54) is 17.4 Å². The van der Waals surface area contributed by atoms with Crippen LogP contribution in [0.1, 0.15) is 26.5 Å². The van der Waals surface area contributed by atoms with Gasteiger partial charge in [0.05, 0.1) is 4.88 Å². The Morgan fingerprint density at radius 1 is 1.55 bits per heavy atom. The molecule has 1 atom stereocenters. The number of hydrogen-bond donors (Lipinski definition) is 2. The van der Waals surface area contributed by atoms with Crippen LogP contribution in [0.2, 0.25) is 0 Å². The Kier molecular flexibility index (Phi) is 4.57. The maximum absolute atomic E-state index is 12.2. The number of likely N-dealkylation sites (N-methyl/N-ethyl adjacent to an activating group) is 1. The van der Waals surface area contributed by atoms with Gasteiger partial charge in [-0.2, -0.15) is 0 Å². The predicted molar refractivity (Wildman–Crippen MR) is 79.1 cm³/mol. The number of amides is 1. The van der Waals surface area contributed by atoms with Crippen LogP contribution in [0.15, 0.2) is 12.1 Å². The molecule has 20 heavy (non-hydrogen) atoms. The van der Waals surface area contributed by atoms with Crippen LogP contribution in [0, 0.1) is 6.92 Å². The van der Waals surface area contributed by atoms with Crippen molar-refractivity contribution in [2.24, 2.45) is 0 Å². The molecule has 1 saturated heterocycles. The minimum absolute atomic E-state index is 0.0756. The van der Waals surface area contributed by atoms with Gasteiger partial charge in [-0.05, 0) is 44.6 Å². The number of likely N-dealkylation sites (tertiary alicyclic amines) is 1. The van der Waals surface area contributed by atoms with E-state index in [9.17, 15) is 9.59 Å². The molecule has 0 saturated carbocycles. The molecule has 1 unspecified atom stereocenters. The Bertz CT molecular complexity index is 551. The number of carbonyl (C=O) groups is 2. The molecule has 2 heterocycles. The molecule has 1 aliphatic heterocycles. The van der Waals surface area contributed by atoms with E-state index >= 15 is 0 Å². The number of hydrogen-bond acceptors (Lipinski definition) is 4. The summed E-state index contributed by atoms with van der Waals surface area (Å²) in [6, 6.07) is 2.01. The molecule has 1 aromatic rings. The van der Waals surface area contributed by atoms with Crippen LogP contribution >= 0.6 is 11.3 Å². The molecule has 0 bridgehead atoms. The average molecular weight is 294 g/mol. The lowest BCUT2D eigenvalue weighted by atomic mass is 10.2. The lowest BCUT2D eigenvalue weighted by Crippen LogP contribution is -2.36. The fraction of sp³-hybridized carbons (Fsp3) is 0.429. The summed E-state index contributed by atoms with van der Waals surface area (Å²) < 4.78 is 0. The highest BCUT2D eigenvalue weighted by Crippen LogP contribution is 2.23.